The number of nitro benzene ring substituents is 1. The number of hydrogen-bond acceptors (Lipinski definition) is 8. The number of likely N-dealkylation sites (N-methyl/N-ethyl adjacent to an activating group) is 1. The molecule has 1 N–H and O–H groups in total. The van der Waals surface area contributed by atoms with Crippen molar-refractivity contribution in [2.24, 2.45) is 0 Å². The summed E-state index contributed by atoms with van der Waals surface area (Å²) in [5, 5.41) is 14.3. The summed E-state index contributed by atoms with van der Waals surface area (Å²) >= 11 is 6.22. The number of nitrogens with zero attached hydrogens (tertiary/aromatic N) is 3. The van der Waals surface area contributed by atoms with Crippen LogP contribution in [0, 0.1) is 17.0 Å². The molecule has 0 radical (unpaired) electrons. The minimum atomic E-state index is -4.62. The van der Waals surface area contributed by atoms with Crippen LogP contribution in [0.15, 0.2) is 65.6 Å². The highest BCUT2D eigenvalue weighted by molar-refractivity contribution is 7.92. The summed E-state index contributed by atoms with van der Waals surface area (Å²) in [4.78, 5) is 38.3. The number of hydrogen-bond donors (Lipinski definition) is 1. The molecule has 0 aliphatic rings. The fourth-order valence-corrected chi connectivity index (χ4v) is 5.81. The Hall–Kier alpha value is -4.36. The van der Waals surface area contributed by atoms with Gasteiger partial charge in [-0.2, -0.15) is 0 Å². The predicted molar refractivity (Wildman–Crippen MR) is 157 cm³/mol. The van der Waals surface area contributed by atoms with Gasteiger partial charge in [-0.05, 0) is 55.8 Å². The first-order valence-corrected chi connectivity index (χ1v) is 14.4. The number of sulfonamides is 1. The zero-order valence-corrected chi connectivity index (χ0v) is 25.2. The van der Waals surface area contributed by atoms with E-state index in [0.29, 0.717) is 11.3 Å². The second-order valence-electron chi connectivity index (χ2n) is 9.20. The van der Waals surface area contributed by atoms with Gasteiger partial charge in [0.05, 0.1) is 29.7 Å². The van der Waals surface area contributed by atoms with Crippen LogP contribution in [0.4, 0.5) is 11.4 Å². The Bertz CT molecular complexity index is 1600. The summed E-state index contributed by atoms with van der Waals surface area (Å²) in [6.07, 6.45) is 0. The summed E-state index contributed by atoms with van der Waals surface area (Å²) in [5.74, 6) is -0.603. The molecule has 0 aliphatic carbocycles. The van der Waals surface area contributed by atoms with E-state index in [-0.39, 0.29) is 28.6 Å². The molecule has 0 heterocycles. The van der Waals surface area contributed by atoms with Crippen molar-refractivity contribution in [2.75, 3.05) is 32.1 Å². The number of carbonyl (C=O) groups is 2. The molecule has 3 aromatic rings. The highest BCUT2D eigenvalue weighted by atomic mass is 35.5. The Labute approximate surface area is 249 Å². The largest absolute Gasteiger partial charge is 0.497 e. The molecule has 0 saturated carbocycles. The van der Waals surface area contributed by atoms with Crippen LogP contribution in [0.1, 0.15) is 18.1 Å². The number of methoxy groups -OCH3 is 2. The molecule has 0 aliphatic heterocycles. The van der Waals surface area contributed by atoms with Crippen molar-refractivity contribution in [3.63, 3.8) is 0 Å². The van der Waals surface area contributed by atoms with Gasteiger partial charge in [-0.25, -0.2) is 8.42 Å². The lowest BCUT2D eigenvalue weighted by atomic mass is 10.1. The van der Waals surface area contributed by atoms with Crippen LogP contribution in [0.25, 0.3) is 0 Å². The number of anilines is 1. The summed E-state index contributed by atoms with van der Waals surface area (Å²) in [6, 6.07) is 13.5. The Morgan fingerprint density at radius 2 is 1.79 bits per heavy atom. The first-order valence-electron chi connectivity index (χ1n) is 12.6. The third-order valence-electron chi connectivity index (χ3n) is 6.55. The molecule has 1 atom stereocenters. The summed E-state index contributed by atoms with van der Waals surface area (Å²) in [7, 11) is -0.386. The van der Waals surface area contributed by atoms with Gasteiger partial charge in [0.2, 0.25) is 11.8 Å². The molecule has 2 amide bonds. The van der Waals surface area contributed by atoms with Crippen LogP contribution in [0.2, 0.25) is 5.02 Å². The van der Waals surface area contributed by atoms with E-state index in [1.807, 2.05) is 0 Å². The molecule has 3 aromatic carbocycles. The number of halogens is 1. The fraction of sp³-hybridized carbons (Fsp3) is 0.286. The smallest absolute Gasteiger partial charge is 0.273 e. The van der Waals surface area contributed by atoms with E-state index in [1.54, 1.807) is 24.3 Å². The third kappa shape index (κ3) is 7.09. The van der Waals surface area contributed by atoms with Crippen LogP contribution < -0.4 is 19.1 Å². The molecule has 1 unspecified atom stereocenters. The van der Waals surface area contributed by atoms with Crippen molar-refractivity contribution in [2.45, 2.75) is 31.3 Å². The van der Waals surface area contributed by atoms with Gasteiger partial charge in [-0.3, -0.25) is 24.0 Å². The Kier molecular flexibility index (Phi) is 10.4. The topological polar surface area (TPSA) is 148 Å². The van der Waals surface area contributed by atoms with Crippen molar-refractivity contribution in [3.05, 3.63) is 86.9 Å². The van der Waals surface area contributed by atoms with E-state index in [4.69, 9.17) is 21.1 Å². The standard InChI is InChI=1S/C28H31ClN4O8S/c1-18-9-11-23(15-24(18)33(36)37)42(38,39)32(25-14-21(29)10-12-26(25)41-5)17-27(34)31(19(2)28(35)30-3)16-20-7-6-8-22(13-20)40-4/h6-15,19H,16-17H2,1-5H3,(H,30,35). The highest BCUT2D eigenvalue weighted by Crippen LogP contribution is 2.36. The zero-order chi connectivity index (χ0) is 31.2. The van der Waals surface area contributed by atoms with Crippen LogP contribution in [0.5, 0.6) is 11.5 Å². The van der Waals surface area contributed by atoms with Crippen molar-refractivity contribution >= 4 is 44.8 Å². The second-order valence-corrected chi connectivity index (χ2v) is 11.5. The number of nitrogens with one attached hydrogen (secondary N) is 1. The van der Waals surface area contributed by atoms with Gasteiger partial charge in [0, 0.05) is 30.2 Å². The lowest BCUT2D eigenvalue weighted by Gasteiger charge is -2.32. The van der Waals surface area contributed by atoms with Crippen molar-refractivity contribution in [1.82, 2.24) is 10.2 Å². The van der Waals surface area contributed by atoms with E-state index < -0.39 is 49.9 Å². The molecule has 224 valence electrons. The number of nitro groups is 1. The van der Waals surface area contributed by atoms with E-state index >= 15 is 0 Å². The fourth-order valence-electron chi connectivity index (χ4n) is 4.20. The molecule has 12 nitrogen and oxygen atoms in total. The first-order chi connectivity index (χ1) is 19.8. The first kappa shape index (κ1) is 32.2. The predicted octanol–water partition coefficient (Wildman–Crippen LogP) is 3.93. The molecular formula is C28H31ClN4O8S. The summed E-state index contributed by atoms with van der Waals surface area (Å²) < 4.78 is 39.6. The molecule has 0 spiro atoms. The third-order valence-corrected chi connectivity index (χ3v) is 8.55. The van der Waals surface area contributed by atoms with Gasteiger partial charge in [0.15, 0.2) is 0 Å². The number of amides is 2. The second kappa shape index (κ2) is 13.5. The van der Waals surface area contributed by atoms with E-state index in [0.717, 1.165) is 10.4 Å². The van der Waals surface area contributed by atoms with E-state index in [9.17, 15) is 28.1 Å². The minimum Gasteiger partial charge on any atom is -0.497 e. The Morgan fingerprint density at radius 3 is 2.40 bits per heavy atom. The quantitative estimate of drug-likeness (QED) is 0.237. The number of ether oxygens (including phenoxy) is 2. The number of aryl methyl sites for hydroxylation is 1. The zero-order valence-electron chi connectivity index (χ0n) is 23.7. The maximum atomic E-state index is 14.1. The van der Waals surface area contributed by atoms with Crippen molar-refractivity contribution in [1.29, 1.82) is 0 Å². The van der Waals surface area contributed by atoms with Gasteiger partial charge in [0.25, 0.3) is 15.7 Å². The molecule has 0 bridgehead atoms. The average molecular weight is 619 g/mol. The number of rotatable bonds is 12. The van der Waals surface area contributed by atoms with Crippen LogP contribution in [-0.2, 0) is 26.2 Å². The van der Waals surface area contributed by atoms with Crippen LogP contribution in [0.3, 0.4) is 0 Å². The summed E-state index contributed by atoms with van der Waals surface area (Å²) in [5.41, 5.74) is 0.400. The molecule has 0 aromatic heterocycles. The monoisotopic (exact) mass is 618 g/mol. The number of carbonyl (C=O) groups excluding carboxylic acids is 2. The van der Waals surface area contributed by atoms with Gasteiger partial charge in [0.1, 0.15) is 24.1 Å². The van der Waals surface area contributed by atoms with Gasteiger partial charge < -0.3 is 19.7 Å². The van der Waals surface area contributed by atoms with Crippen LogP contribution in [-0.4, -0.2) is 63.9 Å². The Morgan fingerprint density at radius 1 is 1.07 bits per heavy atom. The maximum Gasteiger partial charge on any atom is 0.273 e. The van der Waals surface area contributed by atoms with E-state index in [1.165, 1.54) is 70.3 Å². The molecule has 42 heavy (non-hydrogen) atoms. The minimum absolute atomic E-state index is 0.0544. The Balaban J connectivity index is 2.17. The van der Waals surface area contributed by atoms with E-state index in [2.05, 4.69) is 5.32 Å². The maximum absolute atomic E-state index is 14.1. The molecule has 3 rings (SSSR count). The number of benzene rings is 3. The van der Waals surface area contributed by atoms with Crippen molar-refractivity contribution < 1.29 is 32.4 Å². The molecular weight excluding hydrogens is 588 g/mol. The lowest BCUT2D eigenvalue weighted by Crippen LogP contribution is -2.50. The molecule has 0 saturated heterocycles. The summed E-state index contributed by atoms with van der Waals surface area (Å²) in [6.45, 7) is 2.15. The van der Waals surface area contributed by atoms with Gasteiger partial charge >= 0.3 is 0 Å². The molecule has 0 fully saturated rings. The molecule has 14 heteroatoms. The van der Waals surface area contributed by atoms with Crippen LogP contribution >= 0.6 is 11.6 Å². The lowest BCUT2D eigenvalue weighted by molar-refractivity contribution is -0.385. The van der Waals surface area contributed by atoms with Crippen molar-refractivity contribution in [3.8, 4) is 11.5 Å². The average Bonchev–Trinajstić information content (AvgIpc) is 2.97. The van der Waals surface area contributed by atoms with Gasteiger partial charge in [-0.1, -0.05) is 29.8 Å². The van der Waals surface area contributed by atoms with Gasteiger partial charge in [-0.15, -0.1) is 0 Å². The highest BCUT2D eigenvalue weighted by Gasteiger charge is 2.34. The SMILES string of the molecule is CNC(=O)C(C)N(Cc1cccc(OC)c1)C(=O)CN(c1cc(Cl)ccc1OC)S(=O)(=O)c1ccc(C)c([N+](=O)[O-])c1. The normalized spacial score (nSPS) is 11.8.